The number of carbonyl (C=O) groups excluding carboxylic acids is 1. The molecule has 17 heavy (non-hydrogen) atoms. The van der Waals surface area contributed by atoms with Crippen molar-refractivity contribution in [2.24, 2.45) is 5.92 Å². The number of sulfone groups is 1. The van der Waals surface area contributed by atoms with Crippen molar-refractivity contribution in [1.29, 1.82) is 0 Å². The highest BCUT2D eigenvalue weighted by Gasteiger charge is 2.31. The second kappa shape index (κ2) is 5.03. The molecule has 0 aromatic rings. The average Bonchev–Trinajstić information content (AvgIpc) is 2.14. The number of hydrogen-bond acceptors (Lipinski definition) is 5. The van der Waals surface area contributed by atoms with Crippen LogP contribution in [0.1, 0.15) is 19.8 Å². The van der Waals surface area contributed by atoms with E-state index in [1.54, 1.807) is 0 Å². The second-order valence-corrected chi connectivity index (χ2v) is 8.91. The highest BCUT2D eigenvalue weighted by Crippen LogP contribution is 2.20. The smallest absolute Gasteiger partial charge is 0.228 e. The fraction of sp³-hybridized carbons (Fsp3) is 0.889. The number of nitrogens with zero attached hydrogens (tertiary/aromatic N) is 1. The second-order valence-electron chi connectivity index (χ2n) is 4.44. The number of ketones is 1. The molecule has 0 radical (unpaired) electrons. The minimum absolute atomic E-state index is 0.0603. The van der Waals surface area contributed by atoms with Crippen LogP contribution in [0.15, 0.2) is 0 Å². The van der Waals surface area contributed by atoms with Crippen molar-refractivity contribution in [2.45, 2.75) is 19.8 Å². The summed E-state index contributed by atoms with van der Waals surface area (Å²) in [5.41, 5.74) is 0. The van der Waals surface area contributed by atoms with E-state index in [0.717, 1.165) is 10.6 Å². The Kier molecular flexibility index (Phi) is 4.32. The molecule has 0 spiro atoms. The largest absolute Gasteiger partial charge is 0.300 e. The summed E-state index contributed by atoms with van der Waals surface area (Å²) < 4.78 is 46.6. The molecule has 8 heteroatoms. The van der Waals surface area contributed by atoms with Crippen molar-refractivity contribution >= 4 is 25.6 Å². The zero-order chi connectivity index (χ0) is 13.3. The summed E-state index contributed by atoms with van der Waals surface area (Å²) in [4.78, 5) is 11.1. The van der Waals surface area contributed by atoms with Crippen LogP contribution in [-0.2, 0) is 24.7 Å². The Balaban J connectivity index is 2.69. The van der Waals surface area contributed by atoms with Crippen LogP contribution >= 0.6 is 0 Å². The Morgan fingerprint density at radius 2 is 1.65 bits per heavy atom. The van der Waals surface area contributed by atoms with Crippen LogP contribution in [0.5, 0.6) is 0 Å². The van der Waals surface area contributed by atoms with E-state index in [1.807, 2.05) is 0 Å². The standard InChI is InChI=1S/C9H17NO5S2/c1-8(11)9-3-5-10(6-4-9)17(14,15)7-16(2,12)13/h9H,3-7H2,1-2H3. The van der Waals surface area contributed by atoms with Crippen LogP contribution in [0.2, 0.25) is 0 Å². The van der Waals surface area contributed by atoms with Gasteiger partial charge in [0, 0.05) is 25.3 Å². The van der Waals surface area contributed by atoms with Crippen molar-refractivity contribution in [3.05, 3.63) is 0 Å². The number of rotatable bonds is 4. The molecule has 0 aliphatic carbocycles. The lowest BCUT2D eigenvalue weighted by Gasteiger charge is -2.29. The molecule has 0 bridgehead atoms. The van der Waals surface area contributed by atoms with Gasteiger partial charge in [-0.1, -0.05) is 0 Å². The van der Waals surface area contributed by atoms with Gasteiger partial charge in [-0.3, -0.25) is 4.79 Å². The van der Waals surface area contributed by atoms with Gasteiger partial charge >= 0.3 is 0 Å². The lowest BCUT2D eigenvalue weighted by Crippen LogP contribution is -2.42. The van der Waals surface area contributed by atoms with Gasteiger partial charge in [-0.05, 0) is 19.8 Å². The molecule has 1 fully saturated rings. The third-order valence-electron chi connectivity index (χ3n) is 2.79. The first-order valence-electron chi connectivity index (χ1n) is 5.28. The van der Waals surface area contributed by atoms with E-state index in [9.17, 15) is 21.6 Å². The van der Waals surface area contributed by atoms with E-state index in [0.29, 0.717) is 12.8 Å². The van der Waals surface area contributed by atoms with Gasteiger partial charge in [0.25, 0.3) is 0 Å². The third kappa shape index (κ3) is 4.36. The predicted molar refractivity (Wildman–Crippen MR) is 63.6 cm³/mol. The van der Waals surface area contributed by atoms with Gasteiger partial charge in [-0.2, -0.15) is 0 Å². The van der Waals surface area contributed by atoms with Crippen LogP contribution in [0, 0.1) is 5.92 Å². The molecule has 1 rings (SSSR count). The van der Waals surface area contributed by atoms with Crippen LogP contribution in [-0.4, -0.2) is 51.4 Å². The quantitative estimate of drug-likeness (QED) is 0.701. The Hall–Kier alpha value is -0.470. The van der Waals surface area contributed by atoms with E-state index in [-0.39, 0.29) is 24.8 Å². The summed E-state index contributed by atoms with van der Waals surface area (Å²) >= 11 is 0. The maximum Gasteiger partial charge on any atom is 0.228 e. The summed E-state index contributed by atoms with van der Waals surface area (Å²) in [7, 11) is -7.31. The van der Waals surface area contributed by atoms with E-state index in [1.165, 1.54) is 6.92 Å². The zero-order valence-electron chi connectivity index (χ0n) is 9.92. The van der Waals surface area contributed by atoms with Gasteiger partial charge in [0.2, 0.25) is 10.0 Å². The molecule has 0 N–H and O–H groups in total. The van der Waals surface area contributed by atoms with Crippen LogP contribution < -0.4 is 0 Å². The molecule has 0 saturated carbocycles. The van der Waals surface area contributed by atoms with E-state index in [2.05, 4.69) is 0 Å². The lowest BCUT2D eigenvalue weighted by molar-refractivity contribution is -0.121. The van der Waals surface area contributed by atoms with Crippen LogP contribution in [0.25, 0.3) is 0 Å². The molecule has 0 aromatic heterocycles. The molecule has 0 atom stereocenters. The summed E-state index contributed by atoms with van der Waals surface area (Å²) in [6.45, 7) is 1.94. The minimum atomic E-state index is -3.76. The van der Waals surface area contributed by atoms with Crippen LogP contribution in [0.3, 0.4) is 0 Å². The number of sulfonamides is 1. The molecule has 1 aliphatic heterocycles. The van der Waals surface area contributed by atoms with E-state index in [4.69, 9.17) is 0 Å². The first kappa shape index (κ1) is 14.6. The molecule has 0 unspecified atom stereocenters. The summed E-state index contributed by atoms with van der Waals surface area (Å²) in [6.07, 6.45) is 1.84. The Morgan fingerprint density at radius 3 is 2.00 bits per heavy atom. The number of Topliss-reactive ketones (excluding diaryl/α,β-unsaturated/α-hetero) is 1. The summed E-state index contributed by atoms with van der Waals surface area (Å²) in [6, 6.07) is 0. The van der Waals surface area contributed by atoms with Crippen molar-refractivity contribution in [2.75, 3.05) is 24.4 Å². The molecule has 1 saturated heterocycles. The molecule has 0 amide bonds. The molecule has 1 aliphatic rings. The normalized spacial score (nSPS) is 20.4. The molecular formula is C9H17NO5S2. The van der Waals surface area contributed by atoms with Gasteiger partial charge in [0.1, 0.15) is 5.78 Å². The molecule has 100 valence electrons. The van der Waals surface area contributed by atoms with E-state index >= 15 is 0 Å². The van der Waals surface area contributed by atoms with Gasteiger partial charge in [0.15, 0.2) is 14.9 Å². The number of hydrogen-bond donors (Lipinski definition) is 0. The highest BCUT2D eigenvalue weighted by molar-refractivity contribution is 8.06. The number of piperidine rings is 1. The molecule has 6 nitrogen and oxygen atoms in total. The average molecular weight is 283 g/mol. The van der Waals surface area contributed by atoms with E-state index < -0.39 is 24.9 Å². The third-order valence-corrected chi connectivity index (χ3v) is 6.84. The monoisotopic (exact) mass is 283 g/mol. The predicted octanol–water partition coefficient (Wildman–Crippen LogP) is -0.381. The fourth-order valence-corrected chi connectivity index (χ4v) is 5.41. The van der Waals surface area contributed by atoms with Crippen molar-refractivity contribution in [1.82, 2.24) is 4.31 Å². The Bertz CT molecular complexity index is 485. The Labute approximate surface area is 102 Å². The number of carbonyl (C=O) groups is 1. The van der Waals surface area contributed by atoms with Gasteiger partial charge in [-0.15, -0.1) is 0 Å². The maximum atomic E-state index is 11.7. The van der Waals surface area contributed by atoms with Gasteiger partial charge in [-0.25, -0.2) is 21.1 Å². The maximum absolute atomic E-state index is 11.7. The topological polar surface area (TPSA) is 88.6 Å². The molecular weight excluding hydrogens is 266 g/mol. The van der Waals surface area contributed by atoms with Gasteiger partial charge < -0.3 is 0 Å². The van der Waals surface area contributed by atoms with Crippen molar-refractivity contribution in [3.63, 3.8) is 0 Å². The van der Waals surface area contributed by atoms with Gasteiger partial charge in [0.05, 0.1) is 0 Å². The van der Waals surface area contributed by atoms with Crippen molar-refractivity contribution in [3.8, 4) is 0 Å². The minimum Gasteiger partial charge on any atom is -0.300 e. The highest BCUT2D eigenvalue weighted by atomic mass is 32.3. The summed E-state index contributed by atoms with van der Waals surface area (Å²) in [5.74, 6) is -0.0372. The first-order chi connectivity index (χ1) is 7.62. The Morgan fingerprint density at radius 1 is 1.18 bits per heavy atom. The summed E-state index contributed by atoms with van der Waals surface area (Å²) in [5, 5.41) is -0.856. The fourth-order valence-electron chi connectivity index (χ4n) is 1.89. The first-order valence-corrected chi connectivity index (χ1v) is 8.95. The van der Waals surface area contributed by atoms with Crippen molar-refractivity contribution < 1.29 is 21.6 Å². The SMILES string of the molecule is CC(=O)C1CCN(S(=O)(=O)CS(C)(=O)=O)CC1. The van der Waals surface area contributed by atoms with Crippen LogP contribution in [0.4, 0.5) is 0 Å². The molecule has 1 heterocycles. The lowest BCUT2D eigenvalue weighted by atomic mass is 9.95. The zero-order valence-corrected chi connectivity index (χ0v) is 11.6. The molecule has 0 aromatic carbocycles.